The molecule has 4 heteroatoms. The van der Waals surface area contributed by atoms with Crippen LogP contribution in [0.25, 0.3) is 0 Å². The zero-order valence-electron chi connectivity index (χ0n) is 12.6. The van der Waals surface area contributed by atoms with Crippen molar-refractivity contribution < 1.29 is 4.74 Å². The first kappa shape index (κ1) is 14.4. The summed E-state index contributed by atoms with van der Waals surface area (Å²) < 4.78 is 5.20. The molecule has 0 radical (unpaired) electrons. The SMILES string of the molecule is COc1ccc(CN2CC3CCCC(N)C3C2)cc1C#N. The van der Waals surface area contributed by atoms with Crippen LogP contribution >= 0.6 is 0 Å². The van der Waals surface area contributed by atoms with Gasteiger partial charge in [0.05, 0.1) is 12.7 Å². The van der Waals surface area contributed by atoms with Crippen molar-refractivity contribution in [1.29, 1.82) is 5.26 Å². The molecule has 0 amide bonds. The third kappa shape index (κ3) is 2.90. The minimum atomic E-state index is 0.374. The van der Waals surface area contributed by atoms with E-state index in [-0.39, 0.29) is 0 Å². The van der Waals surface area contributed by atoms with Crippen LogP contribution in [0.15, 0.2) is 18.2 Å². The molecule has 1 saturated heterocycles. The minimum Gasteiger partial charge on any atom is -0.495 e. The molecule has 1 aliphatic carbocycles. The number of nitrogens with two attached hydrogens (primary N) is 1. The molecular weight excluding hydrogens is 262 g/mol. The summed E-state index contributed by atoms with van der Waals surface area (Å²) in [5, 5.41) is 9.18. The molecule has 1 aliphatic heterocycles. The number of nitrogens with zero attached hydrogens (tertiary/aromatic N) is 2. The predicted octanol–water partition coefficient (Wildman–Crippen LogP) is 2.13. The normalized spacial score (nSPS) is 28.9. The number of ether oxygens (including phenoxy) is 1. The van der Waals surface area contributed by atoms with Crippen LogP contribution in [0.4, 0.5) is 0 Å². The zero-order chi connectivity index (χ0) is 14.8. The first-order chi connectivity index (χ1) is 10.2. The van der Waals surface area contributed by atoms with Gasteiger partial charge in [-0.3, -0.25) is 4.90 Å². The van der Waals surface area contributed by atoms with Gasteiger partial charge in [-0.1, -0.05) is 12.5 Å². The molecule has 0 bridgehead atoms. The molecular formula is C17H23N3O. The molecule has 0 spiro atoms. The number of rotatable bonds is 3. The van der Waals surface area contributed by atoms with E-state index >= 15 is 0 Å². The van der Waals surface area contributed by atoms with Gasteiger partial charge >= 0.3 is 0 Å². The van der Waals surface area contributed by atoms with Gasteiger partial charge in [0.15, 0.2) is 0 Å². The molecule has 1 saturated carbocycles. The summed E-state index contributed by atoms with van der Waals surface area (Å²) >= 11 is 0. The summed E-state index contributed by atoms with van der Waals surface area (Å²) in [6, 6.07) is 8.47. The molecule has 112 valence electrons. The van der Waals surface area contributed by atoms with E-state index in [0.717, 1.165) is 25.6 Å². The van der Waals surface area contributed by atoms with Crippen molar-refractivity contribution in [3.63, 3.8) is 0 Å². The van der Waals surface area contributed by atoms with Crippen LogP contribution < -0.4 is 10.5 Å². The van der Waals surface area contributed by atoms with Gasteiger partial charge in [-0.25, -0.2) is 0 Å². The molecule has 21 heavy (non-hydrogen) atoms. The number of nitriles is 1. The van der Waals surface area contributed by atoms with Crippen LogP contribution in [0.2, 0.25) is 0 Å². The van der Waals surface area contributed by atoms with Crippen molar-refractivity contribution in [2.45, 2.75) is 31.8 Å². The van der Waals surface area contributed by atoms with Crippen LogP contribution in [0.5, 0.6) is 5.75 Å². The Morgan fingerprint density at radius 3 is 2.95 bits per heavy atom. The Morgan fingerprint density at radius 2 is 2.24 bits per heavy atom. The highest BCUT2D eigenvalue weighted by Gasteiger charge is 2.38. The molecule has 3 rings (SSSR count). The summed E-state index contributed by atoms with van der Waals surface area (Å²) in [4.78, 5) is 2.49. The van der Waals surface area contributed by atoms with Gasteiger partial charge in [0.25, 0.3) is 0 Å². The molecule has 0 aromatic heterocycles. The Morgan fingerprint density at radius 1 is 1.38 bits per heavy atom. The topological polar surface area (TPSA) is 62.3 Å². The number of methoxy groups -OCH3 is 1. The lowest BCUT2D eigenvalue weighted by Crippen LogP contribution is -2.38. The summed E-state index contributed by atoms with van der Waals surface area (Å²) in [5.41, 5.74) is 8.07. The molecule has 3 unspecified atom stereocenters. The maximum atomic E-state index is 9.18. The van der Waals surface area contributed by atoms with E-state index in [1.165, 1.54) is 24.8 Å². The van der Waals surface area contributed by atoms with Crippen molar-refractivity contribution >= 4 is 0 Å². The second-order valence-electron chi connectivity index (χ2n) is 6.36. The second-order valence-corrected chi connectivity index (χ2v) is 6.36. The van der Waals surface area contributed by atoms with Gasteiger partial charge in [-0.2, -0.15) is 5.26 Å². The zero-order valence-corrected chi connectivity index (χ0v) is 12.6. The number of hydrogen-bond acceptors (Lipinski definition) is 4. The first-order valence-electron chi connectivity index (χ1n) is 7.76. The van der Waals surface area contributed by atoms with Crippen molar-refractivity contribution in [1.82, 2.24) is 4.90 Å². The Hall–Kier alpha value is -1.57. The van der Waals surface area contributed by atoms with E-state index in [1.807, 2.05) is 12.1 Å². The van der Waals surface area contributed by atoms with Crippen LogP contribution in [0.1, 0.15) is 30.4 Å². The Balaban J connectivity index is 1.69. The van der Waals surface area contributed by atoms with Gasteiger partial charge in [-0.15, -0.1) is 0 Å². The van der Waals surface area contributed by atoms with Crippen LogP contribution in [-0.2, 0) is 6.54 Å². The number of fused-ring (bicyclic) bond motifs is 1. The standard InChI is InChI=1S/C17H23N3O/c1-21-17-6-5-12(7-14(17)8-18)9-20-10-13-3-2-4-16(19)15(13)11-20/h5-7,13,15-16H,2-4,9-11,19H2,1H3. The van der Waals surface area contributed by atoms with Crippen molar-refractivity contribution in [2.24, 2.45) is 17.6 Å². The van der Waals surface area contributed by atoms with Crippen molar-refractivity contribution in [3.8, 4) is 11.8 Å². The highest BCUT2D eigenvalue weighted by molar-refractivity contribution is 5.45. The van der Waals surface area contributed by atoms with Gasteiger partial charge in [0.2, 0.25) is 0 Å². The fraction of sp³-hybridized carbons (Fsp3) is 0.588. The van der Waals surface area contributed by atoms with E-state index in [1.54, 1.807) is 7.11 Å². The molecule has 3 atom stereocenters. The smallest absolute Gasteiger partial charge is 0.136 e. The molecule has 1 heterocycles. The molecule has 2 N–H and O–H groups in total. The fourth-order valence-corrected chi connectivity index (χ4v) is 3.94. The third-order valence-corrected chi connectivity index (χ3v) is 5.02. The fourth-order valence-electron chi connectivity index (χ4n) is 3.94. The largest absolute Gasteiger partial charge is 0.495 e. The van der Waals surface area contributed by atoms with E-state index in [9.17, 15) is 5.26 Å². The summed E-state index contributed by atoms with van der Waals surface area (Å²) in [6.07, 6.45) is 3.77. The quantitative estimate of drug-likeness (QED) is 0.924. The van der Waals surface area contributed by atoms with Gasteiger partial charge < -0.3 is 10.5 Å². The Bertz CT molecular complexity index is 551. The summed E-state index contributed by atoms with van der Waals surface area (Å²) in [7, 11) is 1.60. The van der Waals surface area contributed by atoms with Gasteiger partial charge in [-0.05, 0) is 42.4 Å². The van der Waals surface area contributed by atoms with Gasteiger partial charge in [0, 0.05) is 25.7 Å². The molecule has 1 aromatic carbocycles. The predicted molar refractivity (Wildman–Crippen MR) is 81.8 cm³/mol. The number of likely N-dealkylation sites (tertiary alicyclic amines) is 1. The van der Waals surface area contributed by atoms with Crippen molar-refractivity contribution in [2.75, 3.05) is 20.2 Å². The molecule has 2 aliphatic rings. The lowest BCUT2D eigenvalue weighted by atomic mass is 9.78. The highest BCUT2D eigenvalue weighted by atomic mass is 16.5. The summed E-state index contributed by atoms with van der Waals surface area (Å²) in [6.45, 7) is 3.14. The Kier molecular flexibility index (Phi) is 4.14. The van der Waals surface area contributed by atoms with E-state index in [0.29, 0.717) is 23.3 Å². The number of hydrogen-bond donors (Lipinski definition) is 1. The average Bonchev–Trinajstić information content (AvgIpc) is 2.91. The van der Waals surface area contributed by atoms with E-state index in [2.05, 4.69) is 17.0 Å². The first-order valence-corrected chi connectivity index (χ1v) is 7.76. The Labute approximate surface area is 126 Å². The summed E-state index contributed by atoms with van der Waals surface area (Å²) in [5.74, 6) is 2.08. The molecule has 2 fully saturated rings. The second kappa shape index (κ2) is 6.05. The third-order valence-electron chi connectivity index (χ3n) is 5.02. The van der Waals surface area contributed by atoms with E-state index < -0.39 is 0 Å². The van der Waals surface area contributed by atoms with Crippen LogP contribution in [0, 0.1) is 23.2 Å². The lowest BCUT2D eigenvalue weighted by Gasteiger charge is -2.29. The van der Waals surface area contributed by atoms with Crippen LogP contribution in [0.3, 0.4) is 0 Å². The molecule has 1 aromatic rings. The maximum absolute atomic E-state index is 9.18. The number of benzene rings is 1. The molecule has 4 nitrogen and oxygen atoms in total. The van der Waals surface area contributed by atoms with Crippen LogP contribution in [-0.4, -0.2) is 31.1 Å². The highest BCUT2D eigenvalue weighted by Crippen LogP contribution is 2.36. The van der Waals surface area contributed by atoms with E-state index in [4.69, 9.17) is 10.5 Å². The van der Waals surface area contributed by atoms with Gasteiger partial charge in [0.1, 0.15) is 11.8 Å². The average molecular weight is 285 g/mol. The van der Waals surface area contributed by atoms with Crippen molar-refractivity contribution in [3.05, 3.63) is 29.3 Å². The lowest BCUT2D eigenvalue weighted by molar-refractivity contribution is 0.259. The maximum Gasteiger partial charge on any atom is 0.136 e. The minimum absolute atomic E-state index is 0.374. The monoisotopic (exact) mass is 285 g/mol.